The largest absolute Gasteiger partial charge is 0.494 e. The van der Waals surface area contributed by atoms with Gasteiger partial charge in [-0.05, 0) is 25.5 Å². The highest BCUT2D eigenvalue weighted by atomic mass is 16.5. The van der Waals surface area contributed by atoms with Crippen molar-refractivity contribution < 1.29 is 19.1 Å². The van der Waals surface area contributed by atoms with E-state index in [0.717, 1.165) is 6.42 Å². The van der Waals surface area contributed by atoms with Gasteiger partial charge in [0.05, 0.1) is 24.8 Å². The number of amides is 2. The molecule has 21 heavy (non-hydrogen) atoms. The van der Waals surface area contributed by atoms with E-state index in [0.29, 0.717) is 23.7 Å². The van der Waals surface area contributed by atoms with Gasteiger partial charge in [0.2, 0.25) is 11.8 Å². The maximum absolute atomic E-state index is 12.0. The molecule has 0 spiro atoms. The third-order valence-electron chi connectivity index (χ3n) is 3.23. The highest BCUT2D eigenvalue weighted by molar-refractivity contribution is 5.96. The van der Waals surface area contributed by atoms with Crippen molar-refractivity contribution in [3.05, 3.63) is 18.2 Å². The number of nitrogens with one attached hydrogen (secondary N) is 2. The van der Waals surface area contributed by atoms with E-state index < -0.39 is 0 Å². The van der Waals surface area contributed by atoms with E-state index in [1.165, 1.54) is 14.0 Å². The van der Waals surface area contributed by atoms with E-state index >= 15 is 0 Å². The third kappa shape index (κ3) is 3.95. The molecular weight excluding hydrogens is 272 g/mol. The zero-order valence-corrected chi connectivity index (χ0v) is 12.4. The normalized spacial score (nSPS) is 19.8. The van der Waals surface area contributed by atoms with Gasteiger partial charge in [0.1, 0.15) is 5.75 Å². The minimum Gasteiger partial charge on any atom is -0.494 e. The van der Waals surface area contributed by atoms with Crippen LogP contribution in [0.3, 0.4) is 0 Å². The molecule has 2 N–H and O–H groups in total. The fraction of sp³-hybridized carbons (Fsp3) is 0.467. The fourth-order valence-corrected chi connectivity index (χ4v) is 2.14. The molecule has 6 heteroatoms. The molecule has 1 saturated carbocycles. The lowest BCUT2D eigenvalue weighted by Gasteiger charge is -2.11. The topological polar surface area (TPSA) is 76.7 Å². The average Bonchev–Trinajstić information content (AvgIpc) is 3.20. The minimum atomic E-state index is -0.178. The SMILES string of the molecule is CCOC1CC1C(=O)Nc1ccc(NC(C)=O)c(OC)c1. The standard InChI is InChI=1S/C15H20N2O4/c1-4-21-13-8-11(13)15(19)17-10-5-6-12(16-9(2)18)14(7-10)20-3/h5-7,11,13H,4,8H2,1-3H3,(H,16,18)(H,17,19). The molecule has 0 saturated heterocycles. The molecule has 0 aromatic heterocycles. The molecule has 114 valence electrons. The van der Waals surface area contributed by atoms with Crippen LogP contribution in [0.5, 0.6) is 5.75 Å². The van der Waals surface area contributed by atoms with Gasteiger partial charge in [-0.15, -0.1) is 0 Å². The zero-order chi connectivity index (χ0) is 15.4. The number of anilines is 2. The maximum Gasteiger partial charge on any atom is 0.230 e. The van der Waals surface area contributed by atoms with Gasteiger partial charge in [0.15, 0.2) is 0 Å². The van der Waals surface area contributed by atoms with Gasteiger partial charge in [0, 0.05) is 25.3 Å². The number of methoxy groups -OCH3 is 1. The summed E-state index contributed by atoms with van der Waals surface area (Å²) in [7, 11) is 1.51. The van der Waals surface area contributed by atoms with Gasteiger partial charge in [0.25, 0.3) is 0 Å². The van der Waals surface area contributed by atoms with Gasteiger partial charge < -0.3 is 20.1 Å². The van der Waals surface area contributed by atoms with Crippen LogP contribution in [0.2, 0.25) is 0 Å². The van der Waals surface area contributed by atoms with Crippen LogP contribution in [0.4, 0.5) is 11.4 Å². The molecule has 1 aliphatic rings. The summed E-state index contributed by atoms with van der Waals surface area (Å²) < 4.78 is 10.6. The summed E-state index contributed by atoms with van der Waals surface area (Å²) >= 11 is 0. The van der Waals surface area contributed by atoms with Crippen molar-refractivity contribution >= 4 is 23.2 Å². The second-order valence-electron chi connectivity index (χ2n) is 4.92. The molecule has 2 rings (SSSR count). The monoisotopic (exact) mass is 292 g/mol. The Hall–Kier alpha value is -2.08. The van der Waals surface area contributed by atoms with Crippen molar-refractivity contribution in [2.75, 3.05) is 24.4 Å². The van der Waals surface area contributed by atoms with Gasteiger partial charge in [-0.3, -0.25) is 9.59 Å². The van der Waals surface area contributed by atoms with Crippen LogP contribution < -0.4 is 15.4 Å². The number of hydrogen-bond donors (Lipinski definition) is 2. The molecule has 6 nitrogen and oxygen atoms in total. The lowest BCUT2D eigenvalue weighted by atomic mass is 10.2. The minimum absolute atomic E-state index is 0.0375. The van der Waals surface area contributed by atoms with Crippen molar-refractivity contribution in [3.63, 3.8) is 0 Å². The molecular formula is C15H20N2O4. The molecule has 2 atom stereocenters. The highest BCUT2D eigenvalue weighted by Gasteiger charge is 2.43. The van der Waals surface area contributed by atoms with E-state index in [-0.39, 0.29) is 23.8 Å². The van der Waals surface area contributed by atoms with Gasteiger partial charge in [-0.25, -0.2) is 0 Å². The lowest BCUT2D eigenvalue weighted by molar-refractivity contribution is -0.118. The van der Waals surface area contributed by atoms with E-state index in [1.807, 2.05) is 6.92 Å². The van der Waals surface area contributed by atoms with E-state index in [2.05, 4.69) is 10.6 Å². The first kappa shape index (κ1) is 15.3. The van der Waals surface area contributed by atoms with Gasteiger partial charge in [-0.1, -0.05) is 0 Å². The first-order valence-corrected chi connectivity index (χ1v) is 6.93. The van der Waals surface area contributed by atoms with Crippen LogP contribution >= 0.6 is 0 Å². The second kappa shape index (κ2) is 6.58. The van der Waals surface area contributed by atoms with Crippen molar-refractivity contribution in [3.8, 4) is 5.75 Å². The maximum atomic E-state index is 12.0. The predicted octanol–water partition coefficient (Wildman–Crippen LogP) is 2.02. The number of hydrogen-bond acceptors (Lipinski definition) is 4. The average molecular weight is 292 g/mol. The number of carbonyl (C=O) groups excluding carboxylic acids is 2. The van der Waals surface area contributed by atoms with E-state index in [9.17, 15) is 9.59 Å². The summed E-state index contributed by atoms with van der Waals surface area (Å²) in [6, 6.07) is 5.10. The second-order valence-corrected chi connectivity index (χ2v) is 4.92. The van der Waals surface area contributed by atoms with Gasteiger partial charge in [-0.2, -0.15) is 0 Å². The van der Waals surface area contributed by atoms with E-state index in [1.54, 1.807) is 18.2 Å². The molecule has 0 radical (unpaired) electrons. The Kier molecular flexibility index (Phi) is 4.80. The Morgan fingerprint density at radius 3 is 2.71 bits per heavy atom. The molecule has 2 amide bonds. The van der Waals surface area contributed by atoms with Gasteiger partial charge >= 0.3 is 0 Å². The molecule has 0 bridgehead atoms. The Morgan fingerprint density at radius 2 is 2.10 bits per heavy atom. The number of ether oxygens (including phenoxy) is 2. The summed E-state index contributed by atoms with van der Waals surface area (Å²) in [6.45, 7) is 3.96. The Balaban J connectivity index is 2.01. The molecule has 1 fully saturated rings. The van der Waals surface area contributed by atoms with Crippen LogP contribution in [0, 0.1) is 5.92 Å². The van der Waals surface area contributed by atoms with Crippen molar-refractivity contribution in [2.24, 2.45) is 5.92 Å². The Labute approximate surface area is 123 Å². The first-order valence-electron chi connectivity index (χ1n) is 6.93. The Morgan fingerprint density at radius 1 is 1.33 bits per heavy atom. The summed E-state index contributed by atoms with van der Waals surface area (Å²) in [6.07, 6.45) is 0.802. The summed E-state index contributed by atoms with van der Waals surface area (Å²) in [5, 5.41) is 5.50. The predicted molar refractivity (Wildman–Crippen MR) is 79.4 cm³/mol. The van der Waals surface area contributed by atoms with Crippen molar-refractivity contribution in [2.45, 2.75) is 26.4 Å². The zero-order valence-electron chi connectivity index (χ0n) is 12.4. The van der Waals surface area contributed by atoms with Crippen LogP contribution in [0.1, 0.15) is 20.3 Å². The molecule has 0 heterocycles. The first-order chi connectivity index (χ1) is 10.0. The van der Waals surface area contributed by atoms with Crippen molar-refractivity contribution in [1.82, 2.24) is 0 Å². The molecule has 2 unspecified atom stereocenters. The third-order valence-corrected chi connectivity index (χ3v) is 3.23. The summed E-state index contributed by atoms with van der Waals surface area (Å²) in [5.41, 5.74) is 1.20. The van der Waals surface area contributed by atoms with Crippen LogP contribution in [-0.4, -0.2) is 31.6 Å². The molecule has 1 aromatic rings. The van der Waals surface area contributed by atoms with Crippen LogP contribution in [0.15, 0.2) is 18.2 Å². The Bertz CT molecular complexity index is 544. The number of carbonyl (C=O) groups is 2. The van der Waals surface area contributed by atoms with Crippen LogP contribution in [0.25, 0.3) is 0 Å². The molecule has 1 aliphatic carbocycles. The number of benzene rings is 1. The quantitative estimate of drug-likeness (QED) is 0.841. The number of rotatable bonds is 6. The fourth-order valence-electron chi connectivity index (χ4n) is 2.14. The highest BCUT2D eigenvalue weighted by Crippen LogP contribution is 2.35. The smallest absolute Gasteiger partial charge is 0.230 e. The van der Waals surface area contributed by atoms with E-state index in [4.69, 9.17) is 9.47 Å². The lowest BCUT2D eigenvalue weighted by Crippen LogP contribution is -2.17. The summed E-state index contributed by atoms with van der Waals surface area (Å²) in [4.78, 5) is 23.1. The molecule has 1 aromatic carbocycles. The summed E-state index contributed by atoms with van der Waals surface area (Å²) in [5.74, 6) is 0.191. The molecule has 0 aliphatic heterocycles. The van der Waals surface area contributed by atoms with Crippen molar-refractivity contribution in [1.29, 1.82) is 0 Å². The van der Waals surface area contributed by atoms with Crippen LogP contribution in [-0.2, 0) is 14.3 Å².